The summed E-state index contributed by atoms with van der Waals surface area (Å²) in [5.74, 6) is 1.79. The highest BCUT2D eigenvalue weighted by Gasteiger charge is 2.40. The molecule has 16 heavy (non-hydrogen) atoms. The van der Waals surface area contributed by atoms with Gasteiger partial charge in [0.1, 0.15) is 5.78 Å². The minimum atomic E-state index is 0.248. The number of nitrogens with zero attached hydrogens (tertiary/aromatic N) is 1. The molecule has 0 amide bonds. The molecule has 1 aromatic heterocycles. The lowest BCUT2D eigenvalue weighted by atomic mass is 9.83. The topological polar surface area (TPSA) is 30.0 Å². The maximum atomic E-state index is 11.6. The van der Waals surface area contributed by atoms with E-state index in [9.17, 15) is 4.79 Å². The van der Waals surface area contributed by atoms with Crippen LogP contribution in [0.1, 0.15) is 43.4 Å². The fourth-order valence-corrected chi connectivity index (χ4v) is 3.44. The highest BCUT2D eigenvalue weighted by Crippen LogP contribution is 2.45. The van der Waals surface area contributed by atoms with Crippen LogP contribution < -0.4 is 0 Å². The molecule has 0 radical (unpaired) electrons. The number of Topliss-reactive ketones (excluding diaryl/α,β-unsaturated/α-hetero) is 1. The van der Waals surface area contributed by atoms with E-state index in [4.69, 9.17) is 0 Å². The number of pyridine rings is 1. The Kier molecular flexibility index (Phi) is 2.31. The number of hydrogen-bond donors (Lipinski definition) is 0. The van der Waals surface area contributed by atoms with Gasteiger partial charge in [-0.1, -0.05) is 13.0 Å². The fraction of sp³-hybridized carbons (Fsp3) is 0.571. The molecule has 2 nitrogen and oxygen atoms in total. The molecule has 0 aliphatic heterocycles. The van der Waals surface area contributed by atoms with Gasteiger partial charge in [0, 0.05) is 30.1 Å². The van der Waals surface area contributed by atoms with Crippen molar-refractivity contribution in [2.75, 3.05) is 0 Å². The van der Waals surface area contributed by atoms with Gasteiger partial charge in [-0.2, -0.15) is 0 Å². The first kappa shape index (κ1) is 10.0. The summed E-state index contributed by atoms with van der Waals surface area (Å²) >= 11 is 0. The van der Waals surface area contributed by atoms with Gasteiger partial charge < -0.3 is 0 Å². The van der Waals surface area contributed by atoms with Crippen molar-refractivity contribution in [3.05, 3.63) is 29.6 Å². The fourth-order valence-electron chi connectivity index (χ4n) is 3.44. The Morgan fingerprint density at radius 2 is 2.19 bits per heavy atom. The van der Waals surface area contributed by atoms with Crippen molar-refractivity contribution in [3.63, 3.8) is 0 Å². The van der Waals surface area contributed by atoms with E-state index in [2.05, 4.69) is 18.0 Å². The average molecular weight is 215 g/mol. The summed E-state index contributed by atoms with van der Waals surface area (Å²) in [5.41, 5.74) is 2.67. The van der Waals surface area contributed by atoms with E-state index in [1.807, 2.05) is 12.3 Å². The van der Waals surface area contributed by atoms with Crippen molar-refractivity contribution in [2.24, 2.45) is 11.8 Å². The Hall–Kier alpha value is -1.18. The van der Waals surface area contributed by atoms with Crippen molar-refractivity contribution in [2.45, 2.75) is 38.5 Å². The first-order valence-electron chi connectivity index (χ1n) is 6.24. The number of fused-ring (bicyclic) bond motifs is 1. The summed E-state index contributed by atoms with van der Waals surface area (Å²) in [5, 5.41) is 0. The lowest BCUT2D eigenvalue weighted by molar-refractivity contribution is -0.120. The van der Waals surface area contributed by atoms with Crippen LogP contribution in [0.5, 0.6) is 0 Å². The van der Waals surface area contributed by atoms with Gasteiger partial charge in [-0.05, 0) is 36.8 Å². The van der Waals surface area contributed by atoms with Gasteiger partial charge in [0.2, 0.25) is 0 Å². The molecule has 84 valence electrons. The zero-order valence-corrected chi connectivity index (χ0v) is 9.65. The van der Waals surface area contributed by atoms with Crippen LogP contribution in [0.3, 0.4) is 0 Å². The van der Waals surface area contributed by atoms with Gasteiger partial charge in [0.15, 0.2) is 0 Å². The zero-order chi connectivity index (χ0) is 11.1. The number of rotatable bonds is 1. The first-order valence-corrected chi connectivity index (χ1v) is 6.24. The Morgan fingerprint density at radius 1 is 1.31 bits per heavy atom. The Morgan fingerprint density at radius 3 is 2.94 bits per heavy atom. The van der Waals surface area contributed by atoms with Gasteiger partial charge >= 0.3 is 0 Å². The molecule has 3 unspecified atom stereocenters. The summed E-state index contributed by atoms with van der Waals surface area (Å²) in [4.78, 5) is 16.2. The molecule has 0 aromatic carbocycles. The second kappa shape index (κ2) is 3.69. The van der Waals surface area contributed by atoms with Gasteiger partial charge in [0.25, 0.3) is 0 Å². The van der Waals surface area contributed by atoms with E-state index < -0.39 is 0 Å². The molecule has 2 heteroatoms. The molecule has 2 aliphatic carbocycles. The van der Waals surface area contributed by atoms with E-state index >= 15 is 0 Å². The SMILES string of the molecule is CC1C(=O)CCC1C1CCc2cccnc21. The standard InChI is InChI=1S/C14H17NO/c1-9-11(6-7-13(9)16)12-5-4-10-3-2-8-15-14(10)12/h2-3,8-9,11-12H,4-7H2,1H3. The minimum absolute atomic E-state index is 0.248. The lowest BCUT2D eigenvalue weighted by Crippen LogP contribution is -2.17. The predicted octanol–water partition coefficient (Wildman–Crippen LogP) is 2.73. The first-order chi connectivity index (χ1) is 7.77. The van der Waals surface area contributed by atoms with Crippen LogP contribution in [-0.2, 0) is 11.2 Å². The number of hydrogen-bond acceptors (Lipinski definition) is 2. The van der Waals surface area contributed by atoms with Crippen LogP contribution in [0.4, 0.5) is 0 Å². The van der Waals surface area contributed by atoms with Crippen molar-refractivity contribution in [1.82, 2.24) is 4.98 Å². The van der Waals surface area contributed by atoms with E-state index in [0.717, 1.165) is 19.3 Å². The van der Waals surface area contributed by atoms with Crippen LogP contribution in [0, 0.1) is 11.8 Å². The molecule has 0 spiro atoms. The quantitative estimate of drug-likeness (QED) is 0.721. The van der Waals surface area contributed by atoms with Gasteiger partial charge in [0.05, 0.1) is 0 Å². The van der Waals surface area contributed by atoms with E-state index in [1.165, 1.54) is 17.7 Å². The molecule has 1 saturated carbocycles. The summed E-state index contributed by atoms with van der Waals surface area (Å²) in [6, 6.07) is 4.20. The second-order valence-corrected chi connectivity index (χ2v) is 5.15. The Labute approximate surface area is 96.1 Å². The highest BCUT2D eigenvalue weighted by molar-refractivity contribution is 5.83. The van der Waals surface area contributed by atoms with Crippen molar-refractivity contribution in [1.29, 1.82) is 0 Å². The van der Waals surface area contributed by atoms with Gasteiger partial charge in [-0.3, -0.25) is 9.78 Å². The van der Waals surface area contributed by atoms with E-state index in [1.54, 1.807) is 0 Å². The summed E-state index contributed by atoms with van der Waals surface area (Å²) in [7, 11) is 0. The average Bonchev–Trinajstić information content (AvgIpc) is 2.85. The molecule has 3 rings (SSSR count). The van der Waals surface area contributed by atoms with E-state index in [-0.39, 0.29) is 5.92 Å². The van der Waals surface area contributed by atoms with Gasteiger partial charge in [-0.25, -0.2) is 0 Å². The summed E-state index contributed by atoms with van der Waals surface area (Å²) < 4.78 is 0. The van der Waals surface area contributed by atoms with Crippen LogP contribution in [0.2, 0.25) is 0 Å². The predicted molar refractivity (Wildman–Crippen MR) is 62.2 cm³/mol. The third kappa shape index (κ3) is 1.40. The molecule has 1 aromatic rings. The third-order valence-electron chi connectivity index (χ3n) is 4.39. The largest absolute Gasteiger partial charge is 0.299 e. The van der Waals surface area contributed by atoms with E-state index in [0.29, 0.717) is 17.6 Å². The number of carbonyl (C=O) groups is 1. The normalized spacial score (nSPS) is 33.1. The molecular weight excluding hydrogens is 198 g/mol. The molecule has 0 N–H and O–H groups in total. The second-order valence-electron chi connectivity index (χ2n) is 5.15. The molecule has 1 fully saturated rings. The molecule has 0 saturated heterocycles. The molecule has 1 heterocycles. The van der Waals surface area contributed by atoms with Crippen molar-refractivity contribution in [3.8, 4) is 0 Å². The van der Waals surface area contributed by atoms with Gasteiger partial charge in [-0.15, -0.1) is 0 Å². The zero-order valence-electron chi connectivity index (χ0n) is 9.65. The molecule has 3 atom stereocenters. The number of ketones is 1. The highest BCUT2D eigenvalue weighted by atomic mass is 16.1. The monoisotopic (exact) mass is 215 g/mol. The summed E-state index contributed by atoms with van der Waals surface area (Å²) in [6.45, 7) is 2.10. The maximum absolute atomic E-state index is 11.6. The Bertz CT molecular complexity index is 426. The van der Waals surface area contributed by atoms with Crippen molar-refractivity contribution >= 4 is 5.78 Å². The lowest BCUT2D eigenvalue weighted by Gasteiger charge is -2.21. The maximum Gasteiger partial charge on any atom is 0.136 e. The molecule has 0 bridgehead atoms. The minimum Gasteiger partial charge on any atom is -0.299 e. The third-order valence-corrected chi connectivity index (χ3v) is 4.39. The number of aryl methyl sites for hydroxylation is 1. The Balaban J connectivity index is 1.91. The number of carbonyl (C=O) groups excluding carboxylic acids is 1. The summed E-state index contributed by atoms with van der Waals surface area (Å²) in [6.07, 6.45) is 6.07. The van der Waals surface area contributed by atoms with Crippen LogP contribution >= 0.6 is 0 Å². The van der Waals surface area contributed by atoms with Crippen LogP contribution in [-0.4, -0.2) is 10.8 Å². The van der Waals surface area contributed by atoms with Crippen LogP contribution in [0.25, 0.3) is 0 Å². The molecular formula is C14H17NO. The number of aromatic nitrogens is 1. The molecule has 2 aliphatic rings. The van der Waals surface area contributed by atoms with Crippen LogP contribution in [0.15, 0.2) is 18.3 Å². The smallest absolute Gasteiger partial charge is 0.136 e. The van der Waals surface area contributed by atoms with Crippen molar-refractivity contribution < 1.29 is 4.79 Å².